The van der Waals surface area contributed by atoms with E-state index >= 15 is 0 Å². The van der Waals surface area contributed by atoms with Crippen molar-refractivity contribution in [3.05, 3.63) is 39.3 Å². The molecule has 0 saturated heterocycles. The van der Waals surface area contributed by atoms with Crippen LogP contribution in [0.5, 0.6) is 0 Å². The fourth-order valence-corrected chi connectivity index (χ4v) is 2.09. The van der Waals surface area contributed by atoms with Gasteiger partial charge in [-0.25, -0.2) is 0 Å². The zero-order chi connectivity index (χ0) is 13.8. The molecule has 0 spiro atoms. The van der Waals surface area contributed by atoms with Gasteiger partial charge in [-0.15, -0.1) is 10.2 Å². The van der Waals surface area contributed by atoms with Gasteiger partial charge in [-0.3, -0.25) is 9.59 Å². The SMILES string of the molecule is CNC(=O)c1cccc(NC(=O)c2nnc(Cl)s2)c1. The molecular weight excluding hydrogens is 288 g/mol. The largest absolute Gasteiger partial charge is 0.355 e. The number of rotatable bonds is 3. The molecule has 0 aliphatic carbocycles. The summed E-state index contributed by atoms with van der Waals surface area (Å²) in [5.41, 5.74) is 0.952. The predicted molar refractivity (Wildman–Crippen MR) is 72.7 cm³/mol. The van der Waals surface area contributed by atoms with Gasteiger partial charge in [-0.1, -0.05) is 17.4 Å². The van der Waals surface area contributed by atoms with Crippen LogP contribution in [-0.2, 0) is 0 Å². The molecule has 0 bridgehead atoms. The van der Waals surface area contributed by atoms with E-state index in [2.05, 4.69) is 20.8 Å². The fraction of sp³-hybridized carbons (Fsp3) is 0.0909. The number of carbonyl (C=O) groups excluding carboxylic acids is 2. The molecule has 2 aromatic rings. The molecule has 2 amide bonds. The maximum Gasteiger partial charge on any atom is 0.286 e. The van der Waals surface area contributed by atoms with Crippen LogP contribution >= 0.6 is 22.9 Å². The molecular formula is C11H9ClN4O2S. The van der Waals surface area contributed by atoms with Gasteiger partial charge in [-0.2, -0.15) is 0 Å². The lowest BCUT2D eigenvalue weighted by atomic mass is 10.2. The Bertz CT molecular complexity index is 629. The highest BCUT2D eigenvalue weighted by molar-refractivity contribution is 7.17. The molecule has 0 unspecified atom stereocenters. The number of benzene rings is 1. The van der Waals surface area contributed by atoms with Crippen LogP contribution in [0.2, 0.25) is 4.47 Å². The second-order valence-corrected chi connectivity index (χ2v) is 5.03. The quantitative estimate of drug-likeness (QED) is 0.904. The molecule has 2 N–H and O–H groups in total. The summed E-state index contributed by atoms with van der Waals surface area (Å²) in [4.78, 5) is 23.3. The predicted octanol–water partition coefficient (Wildman–Crippen LogP) is 1.80. The highest BCUT2D eigenvalue weighted by Crippen LogP contribution is 2.17. The van der Waals surface area contributed by atoms with Gasteiger partial charge in [0, 0.05) is 18.3 Å². The summed E-state index contributed by atoms with van der Waals surface area (Å²) < 4.78 is 0.198. The number of carbonyl (C=O) groups is 2. The molecule has 98 valence electrons. The van der Waals surface area contributed by atoms with E-state index in [1.165, 1.54) is 7.05 Å². The minimum absolute atomic E-state index is 0.162. The fourth-order valence-electron chi connectivity index (χ4n) is 1.36. The van der Waals surface area contributed by atoms with Gasteiger partial charge in [0.15, 0.2) is 0 Å². The third-order valence-electron chi connectivity index (χ3n) is 2.20. The Morgan fingerprint density at radius 1 is 1.26 bits per heavy atom. The van der Waals surface area contributed by atoms with E-state index in [-0.39, 0.29) is 15.4 Å². The van der Waals surface area contributed by atoms with Gasteiger partial charge in [0.1, 0.15) is 0 Å². The van der Waals surface area contributed by atoms with Crippen molar-refractivity contribution in [2.24, 2.45) is 0 Å². The van der Waals surface area contributed by atoms with Crippen molar-refractivity contribution in [3.8, 4) is 0 Å². The van der Waals surface area contributed by atoms with E-state index < -0.39 is 5.91 Å². The number of hydrogen-bond donors (Lipinski definition) is 2. The molecule has 1 aromatic heterocycles. The zero-order valence-electron chi connectivity index (χ0n) is 9.81. The van der Waals surface area contributed by atoms with Crippen LogP contribution < -0.4 is 10.6 Å². The summed E-state index contributed by atoms with van der Waals surface area (Å²) in [6.07, 6.45) is 0. The van der Waals surface area contributed by atoms with Crippen molar-refractivity contribution in [1.29, 1.82) is 0 Å². The van der Waals surface area contributed by atoms with Gasteiger partial charge in [0.05, 0.1) is 0 Å². The summed E-state index contributed by atoms with van der Waals surface area (Å²) in [6, 6.07) is 6.57. The highest BCUT2D eigenvalue weighted by Gasteiger charge is 2.13. The van der Waals surface area contributed by atoms with Crippen LogP contribution in [0.25, 0.3) is 0 Å². The van der Waals surface area contributed by atoms with Crippen molar-refractivity contribution in [2.75, 3.05) is 12.4 Å². The number of aromatic nitrogens is 2. The summed E-state index contributed by atoms with van der Waals surface area (Å²) in [5.74, 6) is -0.645. The molecule has 8 heteroatoms. The van der Waals surface area contributed by atoms with Gasteiger partial charge in [-0.05, 0) is 29.8 Å². The number of nitrogens with one attached hydrogen (secondary N) is 2. The Morgan fingerprint density at radius 3 is 2.68 bits per heavy atom. The maximum absolute atomic E-state index is 11.8. The molecule has 1 heterocycles. The zero-order valence-corrected chi connectivity index (χ0v) is 11.4. The Balaban J connectivity index is 2.15. The summed E-state index contributed by atoms with van der Waals surface area (Å²) in [5, 5.41) is 12.5. The topological polar surface area (TPSA) is 84.0 Å². The molecule has 2 rings (SSSR count). The third kappa shape index (κ3) is 3.27. The van der Waals surface area contributed by atoms with Gasteiger partial charge < -0.3 is 10.6 Å². The van der Waals surface area contributed by atoms with Crippen LogP contribution in [0, 0.1) is 0 Å². The van der Waals surface area contributed by atoms with Crippen LogP contribution in [0.1, 0.15) is 20.2 Å². The van der Waals surface area contributed by atoms with E-state index in [1.807, 2.05) is 0 Å². The summed E-state index contributed by atoms with van der Waals surface area (Å²) in [7, 11) is 1.54. The Morgan fingerprint density at radius 2 is 2.05 bits per heavy atom. The molecule has 0 atom stereocenters. The molecule has 0 saturated carbocycles. The molecule has 0 radical (unpaired) electrons. The minimum atomic E-state index is -0.418. The maximum atomic E-state index is 11.8. The lowest BCUT2D eigenvalue weighted by Crippen LogP contribution is -2.18. The van der Waals surface area contributed by atoms with Crippen LogP contribution in [0.15, 0.2) is 24.3 Å². The molecule has 0 aliphatic heterocycles. The molecule has 1 aromatic carbocycles. The Hall–Kier alpha value is -1.99. The van der Waals surface area contributed by atoms with Crippen molar-refractivity contribution in [1.82, 2.24) is 15.5 Å². The van der Waals surface area contributed by atoms with Crippen LogP contribution in [-0.4, -0.2) is 29.1 Å². The standard InChI is InChI=1S/C11H9ClN4O2S/c1-13-8(17)6-3-2-4-7(5-6)14-9(18)10-15-16-11(12)19-10/h2-5H,1H3,(H,13,17)(H,14,18). The van der Waals surface area contributed by atoms with E-state index in [1.54, 1.807) is 24.3 Å². The van der Waals surface area contributed by atoms with E-state index in [0.29, 0.717) is 11.3 Å². The van der Waals surface area contributed by atoms with E-state index in [9.17, 15) is 9.59 Å². The summed E-state index contributed by atoms with van der Waals surface area (Å²) in [6.45, 7) is 0. The normalized spacial score (nSPS) is 10.0. The number of anilines is 1. The van der Waals surface area contributed by atoms with Gasteiger partial charge >= 0.3 is 0 Å². The average molecular weight is 297 g/mol. The highest BCUT2D eigenvalue weighted by atomic mass is 35.5. The van der Waals surface area contributed by atoms with Crippen molar-refractivity contribution in [3.63, 3.8) is 0 Å². The first-order valence-electron chi connectivity index (χ1n) is 5.22. The van der Waals surface area contributed by atoms with Crippen LogP contribution in [0.4, 0.5) is 5.69 Å². The van der Waals surface area contributed by atoms with Crippen molar-refractivity contribution in [2.45, 2.75) is 0 Å². The second-order valence-electron chi connectivity index (χ2n) is 3.47. The third-order valence-corrected chi connectivity index (χ3v) is 3.22. The minimum Gasteiger partial charge on any atom is -0.355 e. The molecule has 19 heavy (non-hydrogen) atoms. The van der Waals surface area contributed by atoms with E-state index in [0.717, 1.165) is 11.3 Å². The lowest BCUT2D eigenvalue weighted by Gasteiger charge is -2.05. The number of halogens is 1. The average Bonchev–Trinajstić information content (AvgIpc) is 2.85. The number of nitrogens with zero attached hydrogens (tertiary/aromatic N) is 2. The van der Waals surface area contributed by atoms with E-state index in [4.69, 9.17) is 11.6 Å². The van der Waals surface area contributed by atoms with Gasteiger partial charge in [0.25, 0.3) is 11.8 Å². The molecule has 6 nitrogen and oxygen atoms in total. The van der Waals surface area contributed by atoms with Crippen molar-refractivity contribution >= 4 is 40.4 Å². The smallest absolute Gasteiger partial charge is 0.286 e. The monoisotopic (exact) mass is 296 g/mol. The molecule has 0 aliphatic rings. The Labute approximate surface area is 117 Å². The first kappa shape index (κ1) is 13.4. The van der Waals surface area contributed by atoms with Crippen LogP contribution in [0.3, 0.4) is 0 Å². The second kappa shape index (κ2) is 5.77. The molecule has 0 fully saturated rings. The number of hydrogen-bond acceptors (Lipinski definition) is 5. The Kier molecular flexibility index (Phi) is 4.08. The lowest BCUT2D eigenvalue weighted by molar-refractivity contribution is 0.0961. The van der Waals surface area contributed by atoms with Gasteiger partial charge in [0.2, 0.25) is 9.47 Å². The first-order valence-corrected chi connectivity index (χ1v) is 6.42. The van der Waals surface area contributed by atoms with Crippen molar-refractivity contribution < 1.29 is 9.59 Å². The number of amides is 2. The first-order chi connectivity index (χ1) is 9.10. The summed E-state index contributed by atoms with van der Waals surface area (Å²) >= 11 is 6.59.